The lowest BCUT2D eigenvalue weighted by Crippen LogP contribution is -2.44. The molecule has 4 heteroatoms. The molecule has 15 heavy (non-hydrogen) atoms. The number of hydrogen-bond donors (Lipinski definition) is 1. The van der Waals surface area contributed by atoms with E-state index in [1.807, 2.05) is 6.92 Å². The largest absolute Gasteiger partial charge is 0.300 e. The molecular formula is C11H19NO2S. The van der Waals surface area contributed by atoms with Gasteiger partial charge >= 0.3 is 0 Å². The van der Waals surface area contributed by atoms with Gasteiger partial charge in [0, 0.05) is 12.3 Å². The van der Waals surface area contributed by atoms with Gasteiger partial charge in [0.15, 0.2) is 9.84 Å². The summed E-state index contributed by atoms with van der Waals surface area (Å²) in [5.74, 6) is 2.64. The van der Waals surface area contributed by atoms with Gasteiger partial charge in [-0.15, -0.1) is 6.42 Å². The molecule has 3 unspecified atom stereocenters. The van der Waals surface area contributed by atoms with E-state index in [1.54, 1.807) is 0 Å². The van der Waals surface area contributed by atoms with Crippen molar-refractivity contribution in [3.8, 4) is 12.3 Å². The first-order valence-corrected chi connectivity index (χ1v) is 7.35. The summed E-state index contributed by atoms with van der Waals surface area (Å²) in [4.78, 5) is 0. The van der Waals surface area contributed by atoms with Crippen LogP contribution in [0.15, 0.2) is 0 Å². The normalized spacial score (nSPS) is 28.6. The molecule has 1 aliphatic carbocycles. The molecule has 1 aliphatic rings. The van der Waals surface area contributed by atoms with Gasteiger partial charge < -0.3 is 0 Å². The molecular weight excluding hydrogens is 210 g/mol. The first-order valence-electron chi connectivity index (χ1n) is 5.40. The van der Waals surface area contributed by atoms with Crippen LogP contribution in [-0.4, -0.2) is 32.0 Å². The minimum atomic E-state index is -2.94. The zero-order valence-corrected chi connectivity index (χ0v) is 10.2. The summed E-state index contributed by atoms with van der Waals surface area (Å²) < 4.78 is 23.0. The number of hydrogen-bond acceptors (Lipinski definition) is 3. The Morgan fingerprint density at radius 3 is 2.67 bits per heavy atom. The van der Waals surface area contributed by atoms with Crippen molar-refractivity contribution >= 4 is 9.84 Å². The molecule has 0 aromatic carbocycles. The summed E-state index contributed by atoms with van der Waals surface area (Å²) in [5.41, 5.74) is 0. The highest BCUT2D eigenvalue weighted by Gasteiger charge is 2.35. The minimum absolute atomic E-state index is 0.00245. The van der Waals surface area contributed by atoms with Gasteiger partial charge in [-0.05, 0) is 19.3 Å². The highest BCUT2D eigenvalue weighted by Crippen LogP contribution is 2.25. The minimum Gasteiger partial charge on any atom is -0.300 e. The van der Waals surface area contributed by atoms with Crippen molar-refractivity contribution in [3.05, 3.63) is 0 Å². The zero-order chi connectivity index (χ0) is 11.5. The lowest BCUT2D eigenvalue weighted by Gasteiger charge is -2.22. The first kappa shape index (κ1) is 12.5. The average Bonchev–Trinajstić information content (AvgIpc) is 2.61. The van der Waals surface area contributed by atoms with Crippen molar-refractivity contribution in [2.24, 2.45) is 0 Å². The van der Waals surface area contributed by atoms with E-state index in [2.05, 4.69) is 11.2 Å². The van der Waals surface area contributed by atoms with Gasteiger partial charge in [0.25, 0.3) is 0 Å². The van der Waals surface area contributed by atoms with Crippen molar-refractivity contribution in [3.63, 3.8) is 0 Å². The Labute approximate surface area is 92.6 Å². The molecule has 0 aromatic heterocycles. The monoisotopic (exact) mass is 229 g/mol. The van der Waals surface area contributed by atoms with Gasteiger partial charge in [-0.1, -0.05) is 19.3 Å². The molecule has 86 valence electrons. The predicted octanol–water partition coefficient (Wildman–Crippen LogP) is 0.954. The van der Waals surface area contributed by atoms with Crippen molar-refractivity contribution in [2.75, 3.05) is 6.26 Å². The standard InChI is InChI=1S/C11H19NO2S/c1-4-9(5-2)12-10-7-6-8-11(10)15(3,13)14/h1,9-12H,5-8H2,2-3H3. The van der Waals surface area contributed by atoms with Gasteiger partial charge in [-0.2, -0.15) is 0 Å². The van der Waals surface area contributed by atoms with E-state index >= 15 is 0 Å². The maximum Gasteiger partial charge on any atom is 0.151 e. The molecule has 0 aromatic rings. The molecule has 0 radical (unpaired) electrons. The van der Waals surface area contributed by atoms with E-state index in [0.29, 0.717) is 0 Å². The summed E-state index contributed by atoms with van der Waals surface area (Å²) in [6.07, 6.45) is 10.1. The van der Waals surface area contributed by atoms with E-state index in [4.69, 9.17) is 6.42 Å². The third-order valence-corrected chi connectivity index (χ3v) is 4.69. The zero-order valence-electron chi connectivity index (χ0n) is 9.36. The predicted molar refractivity (Wildman–Crippen MR) is 62.3 cm³/mol. The van der Waals surface area contributed by atoms with Gasteiger partial charge in [0.1, 0.15) is 0 Å². The van der Waals surface area contributed by atoms with Gasteiger partial charge in [0.05, 0.1) is 11.3 Å². The van der Waals surface area contributed by atoms with Crippen molar-refractivity contribution < 1.29 is 8.42 Å². The van der Waals surface area contributed by atoms with Crippen molar-refractivity contribution in [2.45, 2.75) is 49.9 Å². The van der Waals surface area contributed by atoms with Crippen LogP contribution in [0.5, 0.6) is 0 Å². The third kappa shape index (κ3) is 3.22. The lowest BCUT2D eigenvalue weighted by atomic mass is 10.1. The Hall–Kier alpha value is -0.530. The van der Waals surface area contributed by atoms with Gasteiger partial charge in [-0.25, -0.2) is 8.42 Å². The van der Waals surface area contributed by atoms with Gasteiger partial charge in [0.2, 0.25) is 0 Å². The molecule has 3 nitrogen and oxygen atoms in total. The van der Waals surface area contributed by atoms with Crippen LogP contribution in [0.25, 0.3) is 0 Å². The lowest BCUT2D eigenvalue weighted by molar-refractivity contribution is 0.470. The Morgan fingerprint density at radius 2 is 2.20 bits per heavy atom. The Bertz CT molecular complexity index is 342. The highest BCUT2D eigenvalue weighted by atomic mass is 32.2. The Balaban J connectivity index is 2.66. The second kappa shape index (κ2) is 5.00. The van der Waals surface area contributed by atoms with E-state index in [1.165, 1.54) is 6.26 Å². The second-order valence-corrected chi connectivity index (χ2v) is 6.46. The molecule has 0 heterocycles. The average molecular weight is 229 g/mol. The summed E-state index contributed by atoms with van der Waals surface area (Å²) in [5, 5.41) is 3.01. The molecule has 1 saturated carbocycles. The maximum absolute atomic E-state index is 11.5. The molecule has 1 fully saturated rings. The van der Waals surface area contributed by atoms with Crippen molar-refractivity contribution in [1.29, 1.82) is 0 Å². The topological polar surface area (TPSA) is 46.2 Å². The second-order valence-electron chi connectivity index (χ2n) is 4.20. The number of rotatable bonds is 4. The molecule has 0 spiro atoms. The number of sulfone groups is 1. The van der Waals surface area contributed by atoms with E-state index < -0.39 is 9.84 Å². The van der Waals surface area contributed by atoms with Crippen LogP contribution in [-0.2, 0) is 9.84 Å². The van der Waals surface area contributed by atoms with E-state index in [9.17, 15) is 8.42 Å². The summed E-state index contributed by atoms with van der Waals surface area (Å²) in [6, 6.07) is 0.0401. The fourth-order valence-corrected chi connectivity index (χ4v) is 3.58. The smallest absolute Gasteiger partial charge is 0.151 e. The van der Waals surface area contributed by atoms with Gasteiger partial charge in [-0.3, -0.25) is 5.32 Å². The summed E-state index contributed by atoms with van der Waals surface area (Å²) >= 11 is 0. The fraction of sp³-hybridized carbons (Fsp3) is 0.818. The van der Waals surface area contributed by atoms with Crippen LogP contribution < -0.4 is 5.32 Å². The third-order valence-electron chi connectivity index (χ3n) is 3.03. The van der Waals surface area contributed by atoms with Crippen LogP contribution in [0.1, 0.15) is 32.6 Å². The Kier molecular flexibility index (Phi) is 4.18. The SMILES string of the molecule is C#CC(CC)NC1CCCC1S(C)(=O)=O. The first-order chi connectivity index (χ1) is 6.99. The van der Waals surface area contributed by atoms with Crippen LogP contribution >= 0.6 is 0 Å². The maximum atomic E-state index is 11.5. The highest BCUT2D eigenvalue weighted by molar-refractivity contribution is 7.91. The molecule has 0 amide bonds. The van der Waals surface area contributed by atoms with Crippen molar-refractivity contribution in [1.82, 2.24) is 5.32 Å². The molecule has 0 saturated heterocycles. The van der Waals surface area contributed by atoms with Crippen LogP contribution in [0.2, 0.25) is 0 Å². The molecule has 0 bridgehead atoms. The molecule has 1 rings (SSSR count). The summed E-state index contributed by atoms with van der Waals surface area (Å²) in [7, 11) is -2.94. The number of terminal acetylenes is 1. The molecule has 3 atom stereocenters. The molecule has 1 N–H and O–H groups in total. The van der Waals surface area contributed by atoms with E-state index in [-0.39, 0.29) is 17.3 Å². The molecule has 0 aliphatic heterocycles. The summed E-state index contributed by atoms with van der Waals surface area (Å²) in [6.45, 7) is 2.00. The number of nitrogens with one attached hydrogen (secondary N) is 1. The van der Waals surface area contributed by atoms with Crippen LogP contribution in [0, 0.1) is 12.3 Å². The fourth-order valence-electron chi connectivity index (χ4n) is 2.17. The quantitative estimate of drug-likeness (QED) is 0.730. The van der Waals surface area contributed by atoms with E-state index in [0.717, 1.165) is 25.7 Å². The van der Waals surface area contributed by atoms with Crippen LogP contribution in [0.4, 0.5) is 0 Å². The van der Waals surface area contributed by atoms with Crippen LogP contribution in [0.3, 0.4) is 0 Å². The Morgan fingerprint density at radius 1 is 1.53 bits per heavy atom.